The van der Waals surface area contributed by atoms with Gasteiger partial charge in [0.2, 0.25) is 0 Å². The zero-order valence-electron chi connectivity index (χ0n) is 23.0. The van der Waals surface area contributed by atoms with E-state index >= 15 is 0 Å². The van der Waals surface area contributed by atoms with Crippen LogP contribution in [0.3, 0.4) is 0 Å². The topological polar surface area (TPSA) is 64.0 Å². The van der Waals surface area contributed by atoms with Crippen molar-refractivity contribution in [2.45, 2.75) is 91.5 Å². The summed E-state index contributed by atoms with van der Waals surface area (Å²) >= 11 is 0. The summed E-state index contributed by atoms with van der Waals surface area (Å²) < 4.78 is 0. The zero-order valence-corrected chi connectivity index (χ0v) is 23.0. The molecule has 1 aliphatic heterocycles. The normalized spacial score (nSPS) is 23.6. The fourth-order valence-electron chi connectivity index (χ4n) is 4.96. The van der Waals surface area contributed by atoms with Crippen LogP contribution in [0.1, 0.15) is 65.5 Å². The smallest absolute Gasteiger partial charge is 0.320 e. The first-order chi connectivity index (χ1) is 17.0. The predicted octanol–water partition coefficient (Wildman–Crippen LogP) is 5.54. The van der Waals surface area contributed by atoms with Crippen molar-refractivity contribution < 1.29 is 15.0 Å². The molecule has 3 rings (SSSR count). The summed E-state index contributed by atoms with van der Waals surface area (Å²) in [4.78, 5) is 18.2. The highest BCUT2D eigenvalue weighted by Crippen LogP contribution is 2.33. The van der Waals surface area contributed by atoms with Crippen LogP contribution in [0.5, 0.6) is 0 Å². The second-order valence-corrected chi connectivity index (χ2v) is 12.1. The molecule has 2 amide bonds. The highest BCUT2D eigenvalue weighted by molar-refractivity contribution is 5.76. The standard InChI is InChI=1S/C31H46N2O3/c1-7-30(3,4)21-32-25(19-23-15-11-9-12-16-23)27(34)28(35)26(20-24-17-13-10-14-18-24)33(29(32)36)22-31(5,6)8-2/h9-18,25-28,34-35H,7-8,19-22H2,1-6H3/t25-,26-,27+,28+/m1/s1. The average molecular weight is 495 g/mol. The highest BCUT2D eigenvalue weighted by atomic mass is 16.3. The first kappa shape index (κ1) is 28.2. The van der Waals surface area contributed by atoms with Gasteiger partial charge in [0.15, 0.2) is 0 Å². The molecule has 0 radical (unpaired) electrons. The summed E-state index contributed by atoms with van der Waals surface area (Å²) in [5.74, 6) is 0. The Morgan fingerprint density at radius 1 is 0.667 bits per heavy atom. The Morgan fingerprint density at radius 3 is 1.31 bits per heavy atom. The van der Waals surface area contributed by atoms with Crippen molar-refractivity contribution >= 4 is 6.03 Å². The predicted molar refractivity (Wildman–Crippen MR) is 147 cm³/mol. The van der Waals surface area contributed by atoms with Crippen LogP contribution in [0.4, 0.5) is 4.79 Å². The van der Waals surface area contributed by atoms with Gasteiger partial charge >= 0.3 is 6.03 Å². The molecule has 0 bridgehead atoms. The van der Waals surface area contributed by atoms with Gasteiger partial charge in [-0.05, 0) is 47.6 Å². The van der Waals surface area contributed by atoms with Gasteiger partial charge in [-0.2, -0.15) is 0 Å². The maximum atomic E-state index is 14.5. The highest BCUT2D eigenvalue weighted by Gasteiger charge is 2.48. The Morgan fingerprint density at radius 2 is 1.00 bits per heavy atom. The van der Waals surface area contributed by atoms with E-state index < -0.39 is 24.3 Å². The van der Waals surface area contributed by atoms with Crippen molar-refractivity contribution in [2.75, 3.05) is 13.1 Å². The maximum absolute atomic E-state index is 14.5. The van der Waals surface area contributed by atoms with Crippen molar-refractivity contribution in [3.63, 3.8) is 0 Å². The Bertz CT molecular complexity index is 883. The van der Waals surface area contributed by atoms with E-state index in [2.05, 4.69) is 41.5 Å². The van der Waals surface area contributed by atoms with E-state index in [4.69, 9.17) is 0 Å². The van der Waals surface area contributed by atoms with Gasteiger partial charge in [0.25, 0.3) is 0 Å². The van der Waals surface area contributed by atoms with E-state index in [1.165, 1.54) is 0 Å². The number of benzene rings is 2. The molecule has 2 aromatic carbocycles. The molecule has 1 heterocycles. The molecule has 4 atom stereocenters. The fourth-order valence-corrected chi connectivity index (χ4v) is 4.96. The van der Waals surface area contributed by atoms with Gasteiger partial charge in [-0.15, -0.1) is 0 Å². The minimum Gasteiger partial charge on any atom is -0.388 e. The number of carbonyl (C=O) groups is 1. The number of nitrogens with zero attached hydrogens (tertiary/aromatic N) is 2. The SMILES string of the molecule is CCC(C)(C)CN1C(=O)N(CC(C)(C)CC)[C@H](Cc2ccccc2)[C@H](O)[C@@H](O)[C@H]1Cc1ccccc1. The minimum atomic E-state index is -1.06. The van der Waals surface area contributed by atoms with Crippen molar-refractivity contribution in [1.29, 1.82) is 0 Å². The number of amides is 2. The number of hydrogen-bond acceptors (Lipinski definition) is 3. The molecule has 0 aromatic heterocycles. The number of hydrogen-bond donors (Lipinski definition) is 2. The van der Waals surface area contributed by atoms with Gasteiger partial charge in [0.1, 0.15) is 12.2 Å². The molecule has 36 heavy (non-hydrogen) atoms. The minimum absolute atomic E-state index is 0.0875. The summed E-state index contributed by atoms with van der Waals surface area (Å²) in [5, 5.41) is 23.4. The van der Waals surface area contributed by atoms with Crippen LogP contribution >= 0.6 is 0 Å². The Balaban J connectivity index is 2.10. The third-order valence-corrected chi connectivity index (χ3v) is 8.12. The summed E-state index contributed by atoms with van der Waals surface area (Å²) in [5.41, 5.74) is 1.84. The van der Waals surface area contributed by atoms with E-state index in [1.807, 2.05) is 70.5 Å². The monoisotopic (exact) mass is 494 g/mol. The lowest BCUT2D eigenvalue weighted by Crippen LogP contribution is -2.55. The first-order valence-electron chi connectivity index (χ1n) is 13.5. The van der Waals surface area contributed by atoms with Crippen LogP contribution in [0.25, 0.3) is 0 Å². The summed E-state index contributed by atoms with van der Waals surface area (Å²) in [6.07, 6.45) is 0.667. The van der Waals surface area contributed by atoms with Crippen LogP contribution in [0.2, 0.25) is 0 Å². The third-order valence-electron chi connectivity index (χ3n) is 8.12. The third kappa shape index (κ3) is 6.89. The van der Waals surface area contributed by atoms with E-state index in [9.17, 15) is 15.0 Å². The average Bonchev–Trinajstić information content (AvgIpc) is 2.93. The van der Waals surface area contributed by atoms with Gasteiger partial charge in [-0.3, -0.25) is 0 Å². The second-order valence-electron chi connectivity index (χ2n) is 12.1. The van der Waals surface area contributed by atoms with E-state index in [0.29, 0.717) is 25.9 Å². The van der Waals surface area contributed by atoms with Crippen LogP contribution in [0.15, 0.2) is 60.7 Å². The molecular formula is C31H46N2O3. The number of carbonyl (C=O) groups excluding carboxylic acids is 1. The molecule has 2 aromatic rings. The lowest BCUT2D eigenvalue weighted by molar-refractivity contribution is -0.0441. The molecule has 0 saturated carbocycles. The zero-order chi connectivity index (χ0) is 26.5. The largest absolute Gasteiger partial charge is 0.388 e. The Kier molecular flexibility index (Phi) is 9.23. The van der Waals surface area contributed by atoms with Gasteiger partial charge in [0, 0.05) is 13.1 Å². The van der Waals surface area contributed by atoms with Crippen molar-refractivity contribution in [1.82, 2.24) is 9.80 Å². The number of rotatable bonds is 10. The van der Waals surface area contributed by atoms with Crippen molar-refractivity contribution in [2.24, 2.45) is 10.8 Å². The van der Waals surface area contributed by atoms with Crippen molar-refractivity contribution in [3.8, 4) is 0 Å². The molecule has 1 saturated heterocycles. The molecule has 0 spiro atoms. The van der Waals surface area contributed by atoms with E-state index in [0.717, 1.165) is 24.0 Å². The van der Waals surface area contributed by atoms with Crippen LogP contribution in [-0.2, 0) is 12.8 Å². The first-order valence-corrected chi connectivity index (χ1v) is 13.5. The molecule has 2 N–H and O–H groups in total. The summed E-state index contributed by atoms with van der Waals surface area (Å²) in [7, 11) is 0. The van der Waals surface area contributed by atoms with Gasteiger partial charge in [0.05, 0.1) is 12.1 Å². The van der Waals surface area contributed by atoms with E-state index in [1.54, 1.807) is 0 Å². The second kappa shape index (κ2) is 11.8. The van der Waals surface area contributed by atoms with E-state index in [-0.39, 0.29) is 16.9 Å². The molecule has 0 unspecified atom stereocenters. The van der Waals surface area contributed by atoms with Crippen LogP contribution in [0, 0.1) is 10.8 Å². The Hall–Kier alpha value is -2.37. The summed E-state index contributed by atoms with van der Waals surface area (Å²) in [6.45, 7) is 14.0. The molecule has 0 aliphatic carbocycles. The lowest BCUT2D eigenvalue weighted by Gasteiger charge is -2.41. The molecule has 5 nitrogen and oxygen atoms in total. The van der Waals surface area contributed by atoms with Crippen LogP contribution in [-0.4, -0.2) is 63.4 Å². The molecule has 198 valence electrons. The number of aliphatic hydroxyl groups excluding tert-OH is 2. The van der Waals surface area contributed by atoms with Gasteiger partial charge in [-0.1, -0.05) is 102 Å². The van der Waals surface area contributed by atoms with Crippen LogP contribution < -0.4 is 0 Å². The molecular weight excluding hydrogens is 448 g/mol. The molecule has 1 aliphatic rings. The molecule has 5 heteroatoms. The fraction of sp³-hybridized carbons (Fsp3) is 0.581. The quantitative estimate of drug-likeness (QED) is 0.456. The lowest BCUT2D eigenvalue weighted by atomic mass is 9.86. The number of aliphatic hydroxyl groups is 2. The molecule has 1 fully saturated rings. The van der Waals surface area contributed by atoms with Gasteiger partial charge in [-0.25, -0.2) is 4.79 Å². The maximum Gasteiger partial charge on any atom is 0.320 e. The van der Waals surface area contributed by atoms with Crippen molar-refractivity contribution in [3.05, 3.63) is 71.8 Å². The Labute approximate surface area is 218 Å². The number of urea groups is 1. The van der Waals surface area contributed by atoms with Gasteiger partial charge < -0.3 is 20.0 Å². The summed E-state index contributed by atoms with van der Waals surface area (Å²) in [6, 6.07) is 18.8.